The molecule has 3 aromatic rings. The van der Waals surface area contributed by atoms with Gasteiger partial charge in [-0.15, -0.1) is 11.8 Å². The van der Waals surface area contributed by atoms with Gasteiger partial charge in [-0.05, 0) is 56.2 Å². The number of fused-ring (bicyclic) bond motifs is 1. The van der Waals surface area contributed by atoms with E-state index in [2.05, 4.69) is 57.4 Å². The van der Waals surface area contributed by atoms with Crippen molar-refractivity contribution in [3.63, 3.8) is 0 Å². The van der Waals surface area contributed by atoms with Crippen LogP contribution in [0.4, 0.5) is 0 Å². The topological polar surface area (TPSA) is 54.4 Å². The summed E-state index contributed by atoms with van der Waals surface area (Å²) < 4.78 is 1.01. The van der Waals surface area contributed by atoms with Crippen LogP contribution in [0.1, 0.15) is 22.4 Å². The summed E-state index contributed by atoms with van der Waals surface area (Å²) in [6.45, 7) is 6.12. The van der Waals surface area contributed by atoms with Crippen LogP contribution in [-0.4, -0.2) is 22.9 Å². The zero-order chi connectivity index (χ0) is 19.4. The second-order valence-electron chi connectivity index (χ2n) is 6.37. The Labute approximate surface area is 171 Å². The number of halogens is 1. The molecule has 0 atom stereocenters. The summed E-state index contributed by atoms with van der Waals surface area (Å²) in [5, 5.41) is 5.12. The molecular weight excluding hydrogens is 422 g/mol. The molecule has 0 aliphatic rings. The Morgan fingerprint density at radius 3 is 2.67 bits per heavy atom. The van der Waals surface area contributed by atoms with Crippen molar-refractivity contribution in [2.24, 2.45) is 5.10 Å². The first-order chi connectivity index (χ1) is 12.9. The van der Waals surface area contributed by atoms with E-state index in [0.29, 0.717) is 5.75 Å². The predicted molar refractivity (Wildman–Crippen MR) is 117 cm³/mol. The molecule has 0 saturated heterocycles. The first kappa shape index (κ1) is 19.6. The van der Waals surface area contributed by atoms with Crippen molar-refractivity contribution in [1.29, 1.82) is 0 Å². The van der Waals surface area contributed by atoms with Gasteiger partial charge in [-0.1, -0.05) is 39.7 Å². The maximum absolute atomic E-state index is 12.1. The number of carbonyl (C=O) groups is 1. The molecule has 1 heterocycles. The maximum atomic E-state index is 12.1. The van der Waals surface area contributed by atoms with Crippen molar-refractivity contribution in [3.8, 4) is 0 Å². The molecule has 0 unspecified atom stereocenters. The van der Waals surface area contributed by atoms with E-state index < -0.39 is 0 Å². The first-order valence-electron chi connectivity index (χ1n) is 8.51. The van der Waals surface area contributed by atoms with Crippen LogP contribution in [0.25, 0.3) is 10.9 Å². The molecule has 0 aliphatic heterocycles. The normalized spacial score (nSPS) is 11.3. The molecule has 1 N–H and O–H groups in total. The number of hydrazone groups is 1. The van der Waals surface area contributed by atoms with Crippen molar-refractivity contribution in [2.45, 2.75) is 25.7 Å². The minimum absolute atomic E-state index is 0.139. The van der Waals surface area contributed by atoms with E-state index in [-0.39, 0.29) is 5.91 Å². The van der Waals surface area contributed by atoms with Crippen LogP contribution >= 0.6 is 27.7 Å². The zero-order valence-corrected chi connectivity index (χ0v) is 17.8. The highest BCUT2D eigenvalue weighted by Crippen LogP contribution is 2.30. The molecular formula is C21H20BrN3OS. The summed E-state index contributed by atoms with van der Waals surface area (Å²) in [4.78, 5) is 17.9. The smallest absolute Gasteiger partial charge is 0.250 e. The fourth-order valence-electron chi connectivity index (χ4n) is 2.79. The van der Waals surface area contributed by atoms with Crippen LogP contribution in [0.5, 0.6) is 0 Å². The highest BCUT2D eigenvalue weighted by atomic mass is 79.9. The van der Waals surface area contributed by atoms with Gasteiger partial charge in [0, 0.05) is 20.4 Å². The number of hydrogen-bond acceptors (Lipinski definition) is 4. The molecule has 0 saturated carbocycles. The van der Waals surface area contributed by atoms with Gasteiger partial charge in [0.1, 0.15) is 0 Å². The third kappa shape index (κ3) is 5.17. The summed E-state index contributed by atoms with van der Waals surface area (Å²) in [5.74, 6) is 0.156. The van der Waals surface area contributed by atoms with Crippen LogP contribution < -0.4 is 5.43 Å². The molecule has 3 rings (SSSR count). The van der Waals surface area contributed by atoms with E-state index in [0.717, 1.165) is 37.1 Å². The molecule has 1 aromatic heterocycles. The van der Waals surface area contributed by atoms with Crippen molar-refractivity contribution in [1.82, 2.24) is 10.4 Å². The highest BCUT2D eigenvalue weighted by molar-refractivity contribution is 9.10. The molecule has 138 valence electrons. The van der Waals surface area contributed by atoms with Gasteiger partial charge in [-0.3, -0.25) is 9.78 Å². The lowest BCUT2D eigenvalue weighted by molar-refractivity contribution is -0.118. The van der Waals surface area contributed by atoms with Gasteiger partial charge >= 0.3 is 0 Å². The molecule has 2 aromatic carbocycles. The lowest BCUT2D eigenvalue weighted by atomic mass is 10.1. The molecule has 1 amide bonds. The maximum Gasteiger partial charge on any atom is 0.250 e. The number of thioether (sulfide) groups is 1. The Morgan fingerprint density at radius 1 is 1.19 bits per heavy atom. The summed E-state index contributed by atoms with van der Waals surface area (Å²) in [6, 6.07) is 14.0. The van der Waals surface area contributed by atoms with Crippen molar-refractivity contribution >= 4 is 50.7 Å². The van der Waals surface area contributed by atoms with Gasteiger partial charge in [0.05, 0.1) is 17.5 Å². The number of amides is 1. The van der Waals surface area contributed by atoms with E-state index in [1.807, 2.05) is 37.3 Å². The van der Waals surface area contributed by atoms with Crippen LogP contribution in [-0.2, 0) is 4.79 Å². The number of aromatic nitrogens is 1. The molecule has 0 bridgehead atoms. The van der Waals surface area contributed by atoms with Crippen molar-refractivity contribution in [3.05, 3.63) is 69.3 Å². The van der Waals surface area contributed by atoms with E-state index >= 15 is 0 Å². The fourth-order valence-corrected chi connectivity index (χ4v) is 3.98. The largest absolute Gasteiger partial charge is 0.272 e. The Hall–Kier alpha value is -2.18. The zero-order valence-electron chi connectivity index (χ0n) is 15.4. The summed E-state index contributed by atoms with van der Waals surface area (Å²) in [6.07, 6.45) is 1.63. The number of benzene rings is 2. The molecule has 0 fully saturated rings. The SMILES string of the molecule is Cc1cc(C)c2nc(C)cc(SCC(=O)NN=Cc3ccc(Br)cc3)c2c1. The van der Waals surface area contributed by atoms with E-state index in [1.54, 1.807) is 6.21 Å². The van der Waals surface area contributed by atoms with Gasteiger partial charge in [-0.2, -0.15) is 5.10 Å². The van der Waals surface area contributed by atoms with E-state index in [4.69, 9.17) is 0 Å². The Kier molecular flexibility index (Phi) is 6.29. The monoisotopic (exact) mass is 441 g/mol. The summed E-state index contributed by atoms with van der Waals surface area (Å²) >= 11 is 4.89. The minimum Gasteiger partial charge on any atom is -0.272 e. The predicted octanol–water partition coefficient (Wildman–Crippen LogP) is 5.16. The molecule has 27 heavy (non-hydrogen) atoms. The average Bonchev–Trinajstić information content (AvgIpc) is 2.62. The molecule has 6 heteroatoms. The lowest BCUT2D eigenvalue weighted by Gasteiger charge is -2.10. The second kappa shape index (κ2) is 8.67. The van der Waals surface area contributed by atoms with Gasteiger partial charge in [0.15, 0.2) is 0 Å². The Balaban J connectivity index is 1.67. The summed E-state index contributed by atoms with van der Waals surface area (Å²) in [5.41, 5.74) is 7.80. The quantitative estimate of drug-likeness (QED) is 0.337. The van der Waals surface area contributed by atoms with E-state index in [1.165, 1.54) is 17.3 Å². The molecule has 4 nitrogen and oxygen atoms in total. The number of pyridine rings is 1. The lowest BCUT2D eigenvalue weighted by Crippen LogP contribution is -2.19. The Bertz CT molecular complexity index is 1020. The van der Waals surface area contributed by atoms with Gasteiger partial charge in [0.25, 0.3) is 0 Å². The molecule has 0 radical (unpaired) electrons. The first-order valence-corrected chi connectivity index (χ1v) is 10.3. The number of carbonyl (C=O) groups excluding carboxylic acids is 1. The molecule has 0 spiro atoms. The minimum atomic E-state index is -0.139. The van der Waals surface area contributed by atoms with Crippen LogP contribution in [0.3, 0.4) is 0 Å². The van der Waals surface area contributed by atoms with Crippen molar-refractivity contribution < 1.29 is 4.79 Å². The average molecular weight is 442 g/mol. The number of nitrogens with one attached hydrogen (secondary N) is 1. The van der Waals surface area contributed by atoms with Gasteiger partial charge in [0.2, 0.25) is 5.91 Å². The number of nitrogens with zero attached hydrogens (tertiary/aromatic N) is 2. The van der Waals surface area contributed by atoms with Crippen LogP contribution in [0.2, 0.25) is 0 Å². The fraction of sp³-hybridized carbons (Fsp3) is 0.190. The standard InChI is InChI=1S/C21H20BrN3OS/c1-13-8-14(2)21-18(9-13)19(10-15(3)24-21)27-12-20(26)25-23-11-16-4-6-17(22)7-5-16/h4-11H,12H2,1-3H3,(H,25,26). The number of hydrogen-bond donors (Lipinski definition) is 1. The van der Waals surface area contributed by atoms with E-state index in [9.17, 15) is 4.79 Å². The highest BCUT2D eigenvalue weighted by Gasteiger charge is 2.10. The second-order valence-corrected chi connectivity index (χ2v) is 8.31. The third-order valence-corrected chi connectivity index (χ3v) is 5.55. The van der Waals surface area contributed by atoms with Gasteiger partial charge < -0.3 is 0 Å². The van der Waals surface area contributed by atoms with Gasteiger partial charge in [-0.25, -0.2) is 5.43 Å². The number of aryl methyl sites for hydroxylation is 3. The summed E-state index contributed by atoms with van der Waals surface area (Å²) in [7, 11) is 0. The third-order valence-electron chi connectivity index (χ3n) is 3.97. The Morgan fingerprint density at radius 2 is 1.93 bits per heavy atom. The molecule has 0 aliphatic carbocycles. The van der Waals surface area contributed by atoms with Crippen molar-refractivity contribution in [2.75, 3.05) is 5.75 Å². The van der Waals surface area contributed by atoms with Crippen LogP contribution in [0.15, 0.2) is 56.9 Å². The van der Waals surface area contributed by atoms with Crippen LogP contribution in [0, 0.1) is 20.8 Å². The number of rotatable bonds is 5.